The molecule has 2 unspecified atom stereocenters. The average Bonchev–Trinajstić information content (AvgIpc) is 3.87. The maximum Gasteiger partial charge on any atom is 0.0690 e. The Bertz CT molecular complexity index is 1500. The number of fused-ring (bicyclic) bond motifs is 8. The van der Waals surface area contributed by atoms with Gasteiger partial charge in [-0.2, -0.15) is 0 Å². The highest BCUT2D eigenvalue weighted by Gasteiger charge is 2.15. The maximum atomic E-state index is 5.14. The summed E-state index contributed by atoms with van der Waals surface area (Å²) in [4.78, 5) is 17.8. The van der Waals surface area contributed by atoms with Crippen LogP contribution in [0.25, 0.3) is 46.4 Å². The molecule has 8 bridgehead atoms. The van der Waals surface area contributed by atoms with Gasteiger partial charge in [0.1, 0.15) is 0 Å². The number of hydrogen-bond acceptors (Lipinski definition) is 2. The van der Waals surface area contributed by atoms with E-state index in [1.807, 2.05) is 0 Å². The predicted octanol–water partition coefficient (Wildman–Crippen LogP) is 12.5. The molecular formula is C42H58N4. The number of hydrogen-bond donors (Lipinski definition) is 2. The van der Waals surface area contributed by atoms with E-state index in [4.69, 9.17) is 9.97 Å². The summed E-state index contributed by atoms with van der Waals surface area (Å²) in [6.07, 6.45) is 29.4. The molecule has 2 aliphatic heterocycles. The zero-order valence-electron chi connectivity index (χ0n) is 29.1. The predicted molar refractivity (Wildman–Crippen MR) is 201 cm³/mol. The van der Waals surface area contributed by atoms with Crippen LogP contribution in [0.2, 0.25) is 0 Å². The highest BCUT2D eigenvalue weighted by molar-refractivity contribution is 5.80. The first-order valence-electron chi connectivity index (χ1n) is 18.6. The minimum absolute atomic E-state index is 0.606. The van der Waals surface area contributed by atoms with Gasteiger partial charge in [0.05, 0.1) is 22.8 Å². The molecule has 0 aliphatic carbocycles. The van der Waals surface area contributed by atoms with E-state index in [1.54, 1.807) is 0 Å². The van der Waals surface area contributed by atoms with E-state index >= 15 is 0 Å². The van der Waals surface area contributed by atoms with Crippen molar-refractivity contribution >= 4 is 46.4 Å². The topological polar surface area (TPSA) is 57.4 Å². The van der Waals surface area contributed by atoms with E-state index in [2.05, 4.69) is 98.4 Å². The van der Waals surface area contributed by atoms with Crippen molar-refractivity contribution in [3.63, 3.8) is 0 Å². The first-order valence-corrected chi connectivity index (χ1v) is 18.6. The van der Waals surface area contributed by atoms with Gasteiger partial charge in [0, 0.05) is 33.2 Å². The zero-order chi connectivity index (χ0) is 32.1. The van der Waals surface area contributed by atoms with Crippen LogP contribution in [0.5, 0.6) is 0 Å². The summed E-state index contributed by atoms with van der Waals surface area (Å²) in [6, 6.07) is 13.3. The van der Waals surface area contributed by atoms with Crippen molar-refractivity contribution in [2.45, 2.75) is 130 Å². The fraction of sp³-hybridized carbons (Fsp3) is 0.524. The molecule has 3 aromatic heterocycles. The number of nitrogens with zero attached hydrogens (tertiary/aromatic N) is 2. The highest BCUT2D eigenvalue weighted by Crippen LogP contribution is 2.28. The summed E-state index contributed by atoms with van der Waals surface area (Å²) in [5.41, 5.74) is 11.3. The maximum absolute atomic E-state index is 5.14. The van der Waals surface area contributed by atoms with Gasteiger partial charge in [0.2, 0.25) is 0 Å². The van der Waals surface area contributed by atoms with Crippen LogP contribution < -0.4 is 0 Å². The van der Waals surface area contributed by atoms with Crippen LogP contribution in [0.1, 0.15) is 151 Å². The molecule has 0 amide bonds. The van der Waals surface area contributed by atoms with Gasteiger partial charge < -0.3 is 9.97 Å². The molecule has 2 atom stereocenters. The number of aromatic nitrogens is 4. The van der Waals surface area contributed by atoms with Gasteiger partial charge in [0.25, 0.3) is 0 Å². The Morgan fingerprint density at radius 3 is 1.41 bits per heavy atom. The highest BCUT2D eigenvalue weighted by atomic mass is 14.8. The lowest BCUT2D eigenvalue weighted by molar-refractivity contribution is 0.481. The SMILES string of the molecule is CCCCCCCCC(C)Cc1c2nc(cc3nc(c(CC(C)CCCCCCCC)c4ccc(cc5ccc1[nH]5)[nH]4)C=C3)C=C2. The molecule has 0 aromatic carbocycles. The fourth-order valence-corrected chi connectivity index (χ4v) is 7.07. The molecule has 4 nitrogen and oxygen atoms in total. The quantitative estimate of drug-likeness (QED) is 0.0960. The van der Waals surface area contributed by atoms with E-state index in [0.717, 1.165) is 46.7 Å². The van der Waals surface area contributed by atoms with Gasteiger partial charge >= 0.3 is 0 Å². The van der Waals surface area contributed by atoms with Crippen molar-refractivity contribution in [1.29, 1.82) is 0 Å². The number of aromatic amines is 2. The van der Waals surface area contributed by atoms with Crippen LogP contribution in [0.15, 0.2) is 36.4 Å². The third-order valence-electron chi connectivity index (χ3n) is 9.82. The third kappa shape index (κ3) is 9.80. The summed E-state index contributed by atoms with van der Waals surface area (Å²) in [5.74, 6) is 1.21. The van der Waals surface area contributed by atoms with E-state index in [9.17, 15) is 0 Å². The summed E-state index contributed by atoms with van der Waals surface area (Å²) in [6.45, 7) is 9.39. The Morgan fingerprint density at radius 2 is 0.957 bits per heavy atom. The fourth-order valence-electron chi connectivity index (χ4n) is 7.07. The van der Waals surface area contributed by atoms with Crippen LogP contribution in [-0.4, -0.2) is 19.9 Å². The van der Waals surface area contributed by atoms with Crippen molar-refractivity contribution in [3.05, 3.63) is 70.3 Å². The van der Waals surface area contributed by atoms with Gasteiger partial charge in [-0.05, 0) is 85.4 Å². The van der Waals surface area contributed by atoms with Gasteiger partial charge in [-0.25, -0.2) is 9.97 Å². The molecule has 46 heavy (non-hydrogen) atoms. The number of H-pyrrole nitrogens is 2. The van der Waals surface area contributed by atoms with Gasteiger partial charge in [-0.1, -0.05) is 118 Å². The first-order chi connectivity index (χ1) is 22.5. The van der Waals surface area contributed by atoms with E-state index in [-0.39, 0.29) is 0 Å². The summed E-state index contributed by atoms with van der Waals surface area (Å²) in [5, 5.41) is 0. The molecule has 3 aromatic rings. The van der Waals surface area contributed by atoms with Gasteiger partial charge in [0.15, 0.2) is 0 Å². The van der Waals surface area contributed by atoms with Crippen LogP contribution in [0, 0.1) is 11.8 Å². The molecule has 0 saturated heterocycles. The molecule has 5 heterocycles. The Morgan fingerprint density at radius 1 is 0.522 bits per heavy atom. The van der Waals surface area contributed by atoms with Crippen molar-refractivity contribution in [3.8, 4) is 0 Å². The largest absolute Gasteiger partial charge is 0.355 e. The summed E-state index contributed by atoms with van der Waals surface area (Å²) < 4.78 is 0. The van der Waals surface area contributed by atoms with E-state index in [0.29, 0.717) is 11.8 Å². The number of nitrogens with one attached hydrogen (secondary N) is 2. The lowest BCUT2D eigenvalue weighted by Crippen LogP contribution is -2.02. The molecular weight excluding hydrogens is 560 g/mol. The van der Waals surface area contributed by atoms with Crippen LogP contribution in [0.3, 0.4) is 0 Å². The van der Waals surface area contributed by atoms with Crippen molar-refractivity contribution in [1.82, 2.24) is 19.9 Å². The molecule has 4 heteroatoms. The molecule has 2 N–H and O–H groups in total. The lowest BCUT2D eigenvalue weighted by atomic mass is 9.94. The standard InChI is InChI=1S/C42H58N4/c1-5-7-9-11-13-15-17-31(3)27-37-39-23-19-33(43-39)29-35-21-25-41(45-35)38(28-32(4)18-16-14-12-10-8-6-2)42-26-22-36(46-42)30-34-20-24-40(37)44-34/h19-26,29-32,43,45H,5-18,27-28H2,1-4H3. The van der Waals surface area contributed by atoms with E-state index < -0.39 is 0 Å². The number of unbranched alkanes of at least 4 members (excludes halogenated alkanes) is 10. The molecule has 0 saturated carbocycles. The number of rotatable bonds is 18. The molecule has 0 spiro atoms. The third-order valence-corrected chi connectivity index (χ3v) is 9.82. The summed E-state index contributed by atoms with van der Waals surface area (Å²) in [7, 11) is 0. The summed E-state index contributed by atoms with van der Waals surface area (Å²) >= 11 is 0. The minimum atomic E-state index is 0.606. The molecule has 246 valence electrons. The molecule has 0 fully saturated rings. The molecule has 5 rings (SSSR count). The Labute approximate surface area is 278 Å². The second-order valence-corrected chi connectivity index (χ2v) is 14.1. The first kappa shape index (κ1) is 33.9. The second-order valence-electron chi connectivity index (χ2n) is 14.1. The van der Waals surface area contributed by atoms with Gasteiger partial charge in [-0.3, -0.25) is 0 Å². The second kappa shape index (κ2) is 17.5. The van der Waals surface area contributed by atoms with E-state index in [1.165, 1.54) is 112 Å². The Hall–Kier alpha value is -3.40. The zero-order valence-corrected chi connectivity index (χ0v) is 29.1. The van der Waals surface area contributed by atoms with Crippen molar-refractivity contribution in [2.75, 3.05) is 0 Å². The van der Waals surface area contributed by atoms with Crippen LogP contribution in [-0.2, 0) is 12.8 Å². The van der Waals surface area contributed by atoms with Crippen molar-refractivity contribution in [2.24, 2.45) is 11.8 Å². The van der Waals surface area contributed by atoms with Crippen LogP contribution in [0.4, 0.5) is 0 Å². The average molecular weight is 619 g/mol. The van der Waals surface area contributed by atoms with Crippen LogP contribution >= 0.6 is 0 Å². The monoisotopic (exact) mass is 618 g/mol. The van der Waals surface area contributed by atoms with Crippen molar-refractivity contribution < 1.29 is 0 Å². The van der Waals surface area contributed by atoms with Gasteiger partial charge in [-0.15, -0.1) is 0 Å². The lowest BCUT2D eigenvalue weighted by Gasteiger charge is -2.12. The Kier molecular flexibility index (Phi) is 12.9. The smallest absolute Gasteiger partial charge is 0.0690 e. The molecule has 2 aliphatic rings. The minimum Gasteiger partial charge on any atom is -0.355 e. The normalized spacial score (nSPS) is 13.8. The molecule has 0 radical (unpaired) electrons. The Balaban J connectivity index is 1.44.